The monoisotopic (exact) mass is 244 g/mol. The van der Waals surface area contributed by atoms with Gasteiger partial charge >= 0.3 is 0 Å². The third-order valence-corrected chi connectivity index (χ3v) is 5.64. The van der Waals surface area contributed by atoms with Crippen molar-refractivity contribution in [3.05, 3.63) is 0 Å². The molecule has 1 saturated heterocycles. The van der Waals surface area contributed by atoms with Crippen LogP contribution in [0, 0.1) is 0 Å². The number of hydrogen-bond acceptors (Lipinski definition) is 3. The van der Waals surface area contributed by atoms with E-state index in [1.165, 1.54) is 38.9 Å². The maximum atomic E-state index is 3.59. The summed E-state index contributed by atoms with van der Waals surface area (Å²) in [6.45, 7) is 11.8. The Labute approximate surface area is 106 Å². The summed E-state index contributed by atoms with van der Waals surface area (Å²) in [5.41, 5.74) is 0. The molecule has 0 saturated carbocycles. The Morgan fingerprint density at radius 2 is 2.00 bits per heavy atom. The van der Waals surface area contributed by atoms with Crippen molar-refractivity contribution in [1.29, 1.82) is 0 Å². The summed E-state index contributed by atoms with van der Waals surface area (Å²) >= 11 is 2.06. The first-order valence-corrected chi connectivity index (χ1v) is 7.93. The number of nitrogens with one attached hydrogen (secondary N) is 1. The molecule has 0 radical (unpaired) electrons. The molecule has 1 aliphatic heterocycles. The van der Waals surface area contributed by atoms with Gasteiger partial charge in [0.05, 0.1) is 0 Å². The molecule has 3 heteroatoms. The van der Waals surface area contributed by atoms with E-state index in [4.69, 9.17) is 0 Å². The first-order chi connectivity index (χ1) is 7.69. The second-order valence-electron chi connectivity index (χ2n) is 4.89. The van der Waals surface area contributed by atoms with Gasteiger partial charge in [0.2, 0.25) is 0 Å². The van der Waals surface area contributed by atoms with Gasteiger partial charge in [-0.3, -0.25) is 4.90 Å². The van der Waals surface area contributed by atoms with E-state index < -0.39 is 0 Å². The molecule has 0 aromatic heterocycles. The van der Waals surface area contributed by atoms with Crippen LogP contribution in [0.25, 0.3) is 0 Å². The lowest BCUT2D eigenvalue weighted by atomic mass is 10.0. The van der Waals surface area contributed by atoms with E-state index in [0.29, 0.717) is 10.8 Å². The Balaban J connectivity index is 2.50. The highest BCUT2D eigenvalue weighted by atomic mass is 32.2. The van der Waals surface area contributed by atoms with Crippen LogP contribution in [0.15, 0.2) is 0 Å². The molecule has 1 rings (SSSR count). The summed E-state index contributed by atoms with van der Waals surface area (Å²) in [5, 5.41) is 3.59. The molecule has 16 heavy (non-hydrogen) atoms. The van der Waals surface area contributed by atoms with Crippen LogP contribution in [0.2, 0.25) is 0 Å². The average Bonchev–Trinajstić information content (AvgIpc) is 2.36. The fourth-order valence-corrected chi connectivity index (χ4v) is 3.43. The SMILES string of the molecule is CCC1CN(CC(CC)(CC)SC)CCN1. The molecule has 0 spiro atoms. The first-order valence-electron chi connectivity index (χ1n) is 6.70. The molecule has 0 aromatic rings. The highest BCUT2D eigenvalue weighted by Crippen LogP contribution is 2.31. The van der Waals surface area contributed by atoms with Crippen molar-refractivity contribution in [1.82, 2.24) is 10.2 Å². The topological polar surface area (TPSA) is 15.3 Å². The van der Waals surface area contributed by atoms with Crippen molar-refractivity contribution in [2.45, 2.75) is 50.8 Å². The van der Waals surface area contributed by atoms with Gasteiger partial charge in [0, 0.05) is 37.0 Å². The zero-order chi connectivity index (χ0) is 12.0. The number of piperazine rings is 1. The molecule has 1 aliphatic rings. The van der Waals surface area contributed by atoms with Crippen LogP contribution in [0.4, 0.5) is 0 Å². The maximum absolute atomic E-state index is 3.59. The summed E-state index contributed by atoms with van der Waals surface area (Å²) in [6.07, 6.45) is 6.09. The van der Waals surface area contributed by atoms with Crippen molar-refractivity contribution < 1.29 is 0 Å². The van der Waals surface area contributed by atoms with E-state index in [1.54, 1.807) is 0 Å². The lowest BCUT2D eigenvalue weighted by Gasteiger charge is -2.40. The number of nitrogens with zero attached hydrogens (tertiary/aromatic N) is 1. The van der Waals surface area contributed by atoms with Gasteiger partial charge in [-0.25, -0.2) is 0 Å². The molecule has 0 aliphatic carbocycles. The molecule has 1 fully saturated rings. The predicted molar refractivity (Wildman–Crippen MR) is 75.3 cm³/mol. The summed E-state index contributed by atoms with van der Waals surface area (Å²) in [7, 11) is 0. The quantitative estimate of drug-likeness (QED) is 0.773. The van der Waals surface area contributed by atoms with Crippen molar-refractivity contribution in [2.75, 3.05) is 32.4 Å². The predicted octanol–water partition coefficient (Wildman–Crippen LogP) is 2.59. The lowest BCUT2D eigenvalue weighted by molar-refractivity contribution is 0.177. The van der Waals surface area contributed by atoms with Crippen LogP contribution in [-0.4, -0.2) is 48.1 Å². The number of hydrogen-bond donors (Lipinski definition) is 1. The van der Waals surface area contributed by atoms with Crippen LogP contribution >= 0.6 is 11.8 Å². The number of rotatable bonds is 6. The molecule has 1 unspecified atom stereocenters. The minimum atomic E-state index is 0.482. The van der Waals surface area contributed by atoms with Gasteiger partial charge in [-0.1, -0.05) is 20.8 Å². The van der Waals surface area contributed by atoms with Gasteiger partial charge in [-0.2, -0.15) is 11.8 Å². The van der Waals surface area contributed by atoms with E-state index in [0.717, 1.165) is 6.54 Å². The summed E-state index contributed by atoms with van der Waals surface area (Å²) in [6, 6.07) is 0.710. The maximum Gasteiger partial charge on any atom is 0.0279 e. The molecule has 1 heterocycles. The third-order valence-electron chi connectivity index (χ3n) is 4.07. The molecular formula is C13H28N2S. The number of thioether (sulfide) groups is 1. The first kappa shape index (κ1) is 14.3. The van der Waals surface area contributed by atoms with Gasteiger partial charge in [0.15, 0.2) is 0 Å². The van der Waals surface area contributed by atoms with Crippen LogP contribution in [-0.2, 0) is 0 Å². The summed E-state index contributed by atoms with van der Waals surface area (Å²) in [5.74, 6) is 0. The standard InChI is InChI=1S/C13H28N2S/c1-5-12-10-15(9-8-14-12)11-13(6-2,7-3)16-4/h12,14H,5-11H2,1-4H3. The normalized spacial score (nSPS) is 23.6. The third kappa shape index (κ3) is 3.64. The van der Waals surface area contributed by atoms with Gasteiger partial charge in [0.1, 0.15) is 0 Å². The molecule has 1 N–H and O–H groups in total. The minimum Gasteiger partial charge on any atom is -0.311 e. The molecule has 0 amide bonds. The Bertz CT molecular complexity index is 184. The van der Waals surface area contributed by atoms with Gasteiger partial charge in [-0.05, 0) is 25.5 Å². The van der Waals surface area contributed by atoms with Gasteiger partial charge < -0.3 is 5.32 Å². The van der Waals surface area contributed by atoms with Crippen molar-refractivity contribution in [2.24, 2.45) is 0 Å². The minimum absolute atomic E-state index is 0.482. The average molecular weight is 244 g/mol. The Morgan fingerprint density at radius 1 is 1.31 bits per heavy atom. The summed E-state index contributed by atoms with van der Waals surface area (Å²) < 4.78 is 0.482. The molecular weight excluding hydrogens is 216 g/mol. The molecule has 1 atom stereocenters. The highest BCUT2D eigenvalue weighted by molar-refractivity contribution is 8.00. The van der Waals surface area contributed by atoms with Crippen molar-refractivity contribution >= 4 is 11.8 Å². The fourth-order valence-electron chi connectivity index (χ4n) is 2.55. The summed E-state index contributed by atoms with van der Waals surface area (Å²) in [4.78, 5) is 2.66. The van der Waals surface area contributed by atoms with Gasteiger partial charge in [0.25, 0.3) is 0 Å². The Hall–Kier alpha value is 0.270. The smallest absolute Gasteiger partial charge is 0.0279 e. The Kier molecular flexibility index (Phi) is 6.16. The second-order valence-corrected chi connectivity index (χ2v) is 6.16. The van der Waals surface area contributed by atoms with E-state index in [-0.39, 0.29) is 0 Å². The van der Waals surface area contributed by atoms with Crippen LogP contribution in [0.3, 0.4) is 0 Å². The molecule has 0 aromatic carbocycles. The second kappa shape index (κ2) is 6.87. The van der Waals surface area contributed by atoms with E-state index in [2.05, 4.69) is 49.0 Å². The van der Waals surface area contributed by atoms with Crippen molar-refractivity contribution in [3.8, 4) is 0 Å². The Morgan fingerprint density at radius 3 is 2.50 bits per heavy atom. The van der Waals surface area contributed by atoms with E-state index in [1.807, 2.05) is 0 Å². The van der Waals surface area contributed by atoms with E-state index >= 15 is 0 Å². The zero-order valence-corrected chi connectivity index (χ0v) is 12.2. The zero-order valence-electron chi connectivity index (χ0n) is 11.4. The fraction of sp³-hybridized carbons (Fsp3) is 1.00. The molecule has 96 valence electrons. The molecule has 0 bridgehead atoms. The molecule has 2 nitrogen and oxygen atoms in total. The van der Waals surface area contributed by atoms with Crippen LogP contribution in [0.1, 0.15) is 40.0 Å². The van der Waals surface area contributed by atoms with E-state index in [9.17, 15) is 0 Å². The van der Waals surface area contributed by atoms with Crippen LogP contribution < -0.4 is 5.32 Å². The van der Waals surface area contributed by atoms with Gasteiger partial charge in [-0.15, -0.1) is 0 Å². The largest absolute Gasteiger partial charge is 0.311 e. The highest BCUT2D eigenvalue weighted by Gasteiger charge is 2.29. The lowest BCUT2D eigenvalue weighted by Crippen LogP contribution is -2.53. The van der Waals surface area contributed by atoms with Crippen LogP contribution in [0.5, 0.6) is 0 Å². The van der Waals surface area contributed by atoms with Crippen molar-refractivity contribution in [3.63, 3.8) is 0 Å².